The Morgan fingerprint density at radius 1 is 1.26 bits per heavy atom. The van der Waals surface area contributed by atoms with Crippen LogP contribution in [0.5, 0.6) is 5.75 Å². The van der Waals surface area contributed by atoms with E-state index in [9.17, 15) is 9.59 Å². The van der Waals surface area contributed by atoms with Crippen LogP contribution in [0.4, 0.5) is 0 Å². The van der Waals surface area contributed by atoms with Crippen LogP contribution >= 0.6 is 0 Å². The van der Waals surface area contributed by atoms with Crippen molar-refractivity contribution >= 4 is 11.9 Å². The molecule has 1 aromatic carbocycles. The van der Waals surface area contributed by atoms with Crippen molar-refractivity contribution in [3.05, 3.63) is 54.0 Å². The van der Waals surface area contributed by atoms with Gasteiger partial charge in [0.2, 0.25) is 0 Å². The lowest BCUT2D eigenvalue weighted by Crippen LogP contribution is -2.30. The molecular formula is C17H17NO5. The van der Waals surface area contributed by atoms with E-state index in [-0.39, 0.29) is 24.8 Å². The predicted octanol–water partition coefficient (Wildman–Crippen LogP) is 2.41. The van der Waals surface area contributed by atoms with E-state index in [4.69, 9.17) is 14.3 Å². The van der Waals surface area contributed by atoms with Gasteiger partial charge in [0.05, 0.1) is 12.2 Å². The zero-order valence-corrected chi connectivity index (χ0v) is 12.5. The quantitative estimate of drug-likeness (QED) is 0.916. The summed E-state index contributed by atoms with van der Waals surface area (Å²) < 4.78 is 10.9. The monoisotopic (exact) mass is 315 g/mol. The number of para-hydroxylation sites is 1. The zero-order chi connectivity index (χ0) is 16.2. The van der Waals surface area contributed by atoms with Gasteiger partial charge in [0.15, 0.2) is 5.76 Å². The molecule has 0 saturated carbocycles. The minimum absolute atomic E-state index is 0.215. The Labute approximate surface area is 133 Å². The maximum atomic E-state index is 12.5. The molecule has 1 aromatic heterocycles. The summed E-state index contributed by atoms with van der Waals surface area (Å²) in [5.41, 5.74) is 0.651. The molecule has 0 radical (unpaired) electrons. The van der Waals surface area contributed by atoms with Crippen molar-refractivity contribution in [2.45, 2.75) is 13.0 Å². The number of furan rings is 1. The predicted molar refractivity (Wildman–Crippen MR) is 81.1 cm³/mol. The molecule has 1 atom stereocenters. The average molecular weight is 315 g/mol. The van der Waals surface area contributed by atoms with E-state index in [2.05, 4.69) is 0 Å². The molecule has 1 saturated heterocycles. The molecular weight excluding hydrogens is 298 g/mol. The Balaban J connectivity index is 1.66. The molecule has 2 aromatic rings. The van der Waals surface area contributed by atoms with Gasteiger partial charge in [-0.25, -0.2) is 0 Å². The third kappa shape index (κ3) is 3.36. The average Bonchev–Trinajstić information content (AvgIpc) is 3.22. The maximum Gasteiger partial charge on any atom is 0.308 e. The van der Waals surface area contributed by atoms with Gasteiger partial charge in [0.1, 0.15) is 12.4 Å². The summed E-state index contributed by atoms with van der Waals surface area (Å²) in [7, 11) is 0. The van der Waals surface area contributed by atoms with Crippen molar-refractivity contribution in [1.29, 1.82) is 0 Å². The van der Waals surface area contributed by atoms with Gasteiger partial charge in [0, 0.05) is 18.7 Å². The minimum Gasteiger partial charge on any atom is -0.489 e. The molecule has 6 nitrogen and oxygen atoms in total. The van der Waals surface area contributed by atoms with Crippen LogP contribution in [-0.2, 0) is 11.4 Å². The first-order chi connectivity index (χ1) is 11.1. The van der Waals surface area contributed by atoms with E-state index < -0.39 is 11.9 Å². The van der Waals surface area contributed by atoms with Crippen LogP contribution in [0.15, 0.2) is 47.1 Å². The summed E-state index contributed by atoms with van der Waals surface area (Å²) in [5, 5.41) is 9.03. The second-order valence-corrected chi connectivity index (χ2v) is 5.45. The van der Waals surface area contributed by atoms with Gasteiger partial charge in [-0.3, -0.25) is 9.59 Å². The second kappa shape index (κ2) is 6.56. The molecule has 23 heavy (non-hydrogen) atoms. The standard InChI is InChI=1S/C17H17NO5/c19-16(18-8-6-12(10-18)17(20)21)15-13(7-9-22-15)11-23-14-4-2-1-3-5-14/h1-5,7,9,12H,6,8,10-11H2,(H,20,21)/t12-/m1/s1. The molecule has 2 heterocycles. The third-order valence-corrected chi connectivity index (χ3v) is 3.90. The minimum atomic E-state index is -0.868. The van der Waals surface area contributed by atoms with E-state index in [1.54, 1.807) is 6.07 Å². The fourth-order valence-corrected chi connectivity index (χ4v) is 2.60. The molecule has 0 unspecified atom stereocenters. The van der Waals surface area contributed by atoms with E-state index >= 15 is 0 Å². The normalized spacial score (nSPS) is 17.2. The van der Waals surface area contributed by atoms with E-state index in [1.165, 1.54) is 11.2 Å². The summed E-state index contributed by atoms with van der Waals surface area (Å²) in [6, 6.07) is 11.0. The number of likely N-dealkylation sites (tertiary alicyclic amines) is 1. The molecule has 1 fully saturated rings. The number of nitrogens with zero attached hydrogens (tertiary/aromatic N) is 1. The lowest BCUT2D eigenvalue weighted by molar-refractivity contribution is -0.141. The zero-order valence-electron chi connectivity index (χ0n) is 12.5. The lowest BCUT2D eigenvalue weighted by atomic mass is 10.1. The first-order valence-electron chi connectivity index (χ1n) is 7.41. The van der Waals surface area contributed by atoms with Crippen LogP contribution in [0.2, 0.25) is 0 Å². The highest BCUT2D eigenvalue weighted by molar-refractivity contribution is 5.93. The van der Waals surface area contributed by atoms with Crippen LogP contribution in [0.1, 0.15) is 22.5 Å². The van der Waals surface area contributed by atoms with Crippen molar-refractivity contribution in [2.75, 3.05) is 13.1 Å². The molecule has 1 amide bonds. The Morgan fingerprint density at radius 3 is 2.74 bits per heavy atom. The maximum absolute atomic E-state index is 12.5. The fourth-order valence-electron chi connectivity index (χ4n) is 2.60. The number of amides is 1. The van der Waals surface area contributed by atoms with Crippen molar-refractivity contribution < 1.29 is 23.8 Å². The number of carbonyl (C=O) groups is 2. The summed E-state index contributed by atoms with van der Waals surface area (Å²) in [6.45, 7) is 0.862. The molecule has 120 valence electrons. The van der Waals surface area contributed by atoms with Gasteiger partial charge in [-0.1, -0.05) is 18.2 Å². The molecule has 0 spiro atoms. The van der Waals surface area contributed by atoms with Crippen LogP contribution in [0, 0.1) is 5.92 Å². The van der Waals surface area contributed by atoms with Crippen molar-refractivity contribution in [3.63, 3.8) is 0 Å². The van der Waals surface area contributed by atoms with Gasteiger partial charge in [-0.2, -0.15) is 0 Å². The highest BCUT2D eigenvalue weighted by Gasteiger charge is 2.33. The van der Waals surface area contributed by atoms with Crippen molar-refractivity contribution in [3.8, 4) is 5.75 Å². The number of carboxylic acid groups (broad SMARTS) is 1. The third-order valence-electron chi connectivity index (χ3n) is 3.90. The smallest absolute Gasteiger partial charge is 0.308 e. The van der Waals surface area contributed by atoms with Gasteiger partial charge in [-0.15, -0.1) is 0 Å². The fraction of sp³-hybridized carbons (Fsp3) is 0.294. The molecule has 1 aliphatic heterocycles. The molecule has 1 N–H and O–H groups in total. The van der Waals surface area contributed by atoms with E-state index in [0.29, 0.717) is 24.3 Å². The summed E-state index contributed by atoms with van der Waals surface area (Å²) in [5.74, 6) is -0.734. The number of carboxylic acids is 1. The van der Waals surface area contributed by atoms with Gasteiger partial charge < -0.3 is 19.2 Å². The molecule has 0 bridgehead atoms. The van der Waals surface area contributed by atoms with Gasteiger partial charge >= 0.3 is 5.97 Å². The Kier molecular flexibility index (Phi) is 4.32. The Bertz CT molecular complexity index is 694. The summed E-state index contributed by atoms with van der Waals surface area (Å²) >= 11 is 0. The number of hydrogen-bond donors (Lipinski definition) is 1. The van der Waals surface area contributed by atoms with Crippen LogP contribution < -0.4 is 4.74 Å². The lowest BCUT2D eigenvalue weighted by Gasteiger charge is -2.15. The first kappa shape index (κ1) is 15.1. The van der Waals surface area contributed by atoms with Crippen LogP contribution in [0.3, 0.4) is 0 Å². The largest absolute Gasteiger partial charge is 0.489 e. The number of benzene rings is 1. The number of ether oxygens (including phenoxy) is 1. The van der Waals surface area contributed by atoms with Gasteiger partial charge in [0.25, 0.3) is 5.91 Å². The second-order valence-electron chi connectivity index (χ2n) is 5.45. The van der Waals surface area contributed by atoms with Crippen molar-refractivity contribution in [2.24, 2.45) is 5.92 Å². The Morgan fingerprint density at radius 2 is 2.04 bits per heavy atom. The SMILES string of the molecule is O=C(O)[C@@H]1CCN(C(=O)c2occc2COc2ccccc2)C1. The first-order valence-corrected chi connectivity index (χ1v) is 7.41. The Hall–Kier alpha value is -2.76. The van der Waals surface area contributed by atoms with Crippen LogP contribution in [0.25, 0.3) is 0 Å². The molecule has 6 heteroatoms. The molecule has 0 aliphatic carbocycles. The number of hydrogen-bond acceptors (Lipinski definition) is 4. The topological polar surface area (TPSA) is 80.0 Å². The molecule has 3 rings (SSSR count). The van der Waals surface area contributed by atoms with Crippen molar-refractivity contribution in [1.82, 2.24) is 4.90 Å². The number of carbonyl (C=O) groups excluding carboxylic acids is 1. The summed E-state index contributed by atoms with van der Waals surface area (Å²) in [4.78, 5) is 25.0. The number of rotatable bonds is 5. The highest BCUT2D eigenvalue weighted by Crippen LogP contribution is 2.22. The molecule has 1 aliphatic rings. The highest BCUT2D eigenvalue weighted by atomic mass is 16.5. The summed E-state index contributed by atoms with van der Waals surface area (Å²) in [6.07, 6.45) is 1.92. The van der Waals surface area contributed by atoms with Crippen LogP contribution in [-0.4, -0.2) is 35.0 Å². The van der Waals surface area contributed by atoms with E-state index in [1.807, 2.05) is 30.3 Å². The number of aliphatic carboxylic acids is 1. The van der Waals surface area contributed by atoms with Gasteiger partial charge in [-0.05, 0) is 24.6 Å². The van der Waals surface area contributed by atoms with E-state index in [0.717, 1.165) is 0 Å².